The molecule has 2 rings (SSSR count). The molecule has 0 atom stereocenters. The van der Waals surface area contributed by atoms with E-state index in [9.17, 15) is 8.42 Å². The Balaban J connectivity index is 1.76. The van der Waals surface area contributed by atoms with Crippen LogP contribution in [0.15, 0.2) is 24.3 Å². The van der Waals surface area contributed by atoms with Gasteiger partial charge in [-0.25, -0.2) is 8.42 Å². The van der Waals surface area contributed by atoms with Gasteiger partial charge < -0.3 is 5.32 Å². The van der Waals surface area contributed by atoms with Crippen molar-refractivity contribution in [1.82, 2.24) is 5.32 Å². The zero-order valence-electron chi connectivity index (χ0n) is 10.4. The van der Waals surface area contributed by atoms with Crippen LogP contribution in [0.2, 0.25) is 5.02 Å². The Kier molecular flexibility index (Phi) is 4.30. The van der Waals surface area contributed by atoms with E-state index < -0.39 is 9.84 Å². The fourth-order valence-corrected chi connectivity index (χ4v) is 3.07. The minimum atomic E-state index is -2.86. The summed E-state index contributed by atoms with van der Waals surface area (Å²) in [5.74, 6) is 0.717. The van der Waals surface area contributed by atoms with E-state index >= 15 is 0 Å². The van der Waals surface area contributed by atoms with Crippen LogP contribution in [0.4, 0.5) is 0 Å². The third kappa shape index (κ3) is 3.70. The Hall–Kier alpha value is -0.580. The lowest BCUT2D eigenvalue weighted by atomic mass is 9.76. The molecule has 100 valence electrons. The summed E-state index contributed by atoms with van der Waals surface area (Å²) in [6.07, 6.45) is 3.34. The summed E-state index contributed by atoms with van der Waals surface area (Å²) < 4.78 is 22.0. The molecule has 1 fully saturated rings. The standard InChI is InChI=1S/C13H18ClNO2S/c1-18(16,17)7-6-15-11-8-10(9-11)12-4-2-3-5-13(12)14/h2-5,10-11,15H,6-9H2,1H3. The van der Waals surface area contributed by atoms with Crippen LogP contribution in [0.5, 0.6) is 0 Å². The highest BCUT2D eigenvalue weighted by Gasteiger charge is 2.30. The van der Waals surface area contributed by atoms with E-state index in [1.165, 1.54) is 11.8 Å². The van der Waals surface area contributed by atoms with Gasteiger partial charge in [0.05, 0.1) is 5.75 Å². The maximum Gasteiger partial charge on any atom is 0.148 e. The van der Waals surface area contributed by atoms with Crippen LogP contribution in [0.25, 0.3) is 0 Å². The van der Waals surface area contributed by atoms with Crippen LogP contribution in [-0.4, -0.2) is 33.0 Å². The lowest BCUT2D eigenvalue weighted by Crippen LogP contribution is -2.42. The van der Waals surface area contributed by atoms with Crippen LogP contribution >= 0.6 is 11.6 Å². The Morgan fingerprint density at radius 2 is 2.00 bits per heavy atom. The van der Waals surface area contributed by atoms with Gasteiger partial charge in [0.15, 0.2) is 0 Å². The van der Waals surface area contributed by atoms with Gasteiger partial charge in [0.2, 0.25) is 0 Å². The summed E-state index contributed by atoms with van der Waals surface area (Å²) in [5.41, 5.74) is 1.21. The van der Waals surface area contributed by atoms with Gasteiger partial charge >= 0.3 is 0 Å². The Morgan fingerprint density at radius 3 is 2.61 bits per heavy atom. The number of halogens is 1. The molecule has 0 aromatic heterocycles. The summed E-state index contributed by atoms with van der Waals surface area (Å²) in [5, 5.41) is 4.10. The Bertz CT molecular complexity index is 509. The maximum absolute atomic E-state index is 11.0. The largest absolute Gasteiger partial charge is 0.313 e. The summed E-state index contributed by atoms with van der Waals surface area (Å²) >= 11 is 6.14. The molecule has 1 aromatic rings. The third-order valence-electron chi connectivity index (χ3n) is 3.39. The molecule has 0 bridgehead atoms. The first kappa shape index (κ1) is 13.8. The highest BCUT2D eigenvalue weighted by atomic mass is 35.5. The van der Waals surface area contributed by atoms with E-state index in [-0.39, 0.29) is 5.75 Å². The van der Waals surface area contributed by atoms with Gasteiger partial charge in [-0.15, -0.1) is 0 Å². The minimum Gasteiger partial charge on any atom is -0.313 e. The molecule has 1 N–H and O–H groups in total. The lowest BCUT2D eigenvalue weighted by Gasteiger charge is -2.36. The first-order valence-electron chi connectivity index (χ1n) is 6.11. The molecule has 1 saturated carbocycles. The number of sulfone groups is 1. The molecular weight excluding hydrogens is 270 g/mol. The summed E-state index contributed by atoms with van der Waals surface area (Å²) in [6, 6.07) is 8.35. The summed E-state index contributed by atoms with van der Waals surface area (Å²) in [7, 11) is -2.86. The fraction of sp³-hybridized carbons (Fsp3) is 0.538. The summed E-state index contributed by atoms with van der Waals surface area (Å²) in [4.78, 5) is 0. The SMILES string of the molecule is CS(=O)(=O)CCNC1CC(c2ccccc2Cl)C1. The Morgan fingerprint density at radius 1 is 1.33 bits per heavy atom. The second kappa shape index (κ2) is 5.59. The van der Waals surface area contributed by atoms with E-state index in [4.69, 9.17) is 11.6 Å². The lowest BCUT2D eigenvalue weighted by molar-refractivity contribution is 0.296. The highest BCUT2D eigenvalue weighted by molar-refractivity contribution is 7.90. The molecule has 1 aliphatic rings. The average molecular weight is 288 g/mol. The second-order valence-electron chi connectivity index (χ2n) is 4.97. The van der Waals surface area contributed by atoms with Crippen molar-refractivity contribution in [3.8, 4) is 0 Å². The van der Waals surface area contributed by atoms with Gasteiger partial charge in [0, 0.05) is 23.9 Å². The quantitative estimate of drug-likeness (QED) is 0.903. The number of benzene rings is 1. The van der Waals surface area contributed by atoms with Crippen molar-refractivity contribution < 1.29 is 8.42 Å². The van der Waals surface area contributed by atoms with Crippen molar-refractivity contribution >= 4 is 21.4 Å². The van der Waals surface area contributed by atoms with Crippen molar-refractivity contribution in [2.45, 2.75) is 24.8 Å². The molecule has 18 heavy (non-hydrogen) atoms. The van der Waals surface area contributed by atoms with Crippen molar-refractivity contribution in [2.24, 2.45) is 0 Å². The third-order valence-corrected chi connectivity index (χ3v) is 4.68. The molecule has 1 aliphatic carbocycles. The number of nitrogens with one attached hydrogen (secondary N) is 1. The molecule has 1 aromatic carbocycles. The first-order valence-corrected chi connectivity index (χ1v) is 8.55. The second-order valence-corrected chi connectivity index (χ2v) is 7.64. The molecule has 5 heteroatoms. The number of hydrogen-bond donors (Lipinski definition) is 1. The zero-order chi connectivity index (χ0) is 13.2. The predicted octanol–water partition coefficient (Wildman–Crippen LogP) is 2.22. The van der Waals surface area contributed by atoms with Crippen LogP contribution in [0, 0.1) is 0 Å². The highest BCUT2D eigenvalue weighted by Crippen LogP contribution is 2.39. The van der Waals surface area contributed by atoms with Crippen LogP contribution in [0.3, 0.4) is 0 Å². The van der Waals surface area contributed by atoms with Crippen molar-refractivity contribution in [3.05, 3.63) is 34.9 Å². The van der Waals surface area contributed by atoms with Gasteiger partial charge in [-0.1, -0.05) is 29.8 Å². The van der Waals surface area contributed by atoms with Crippen molar-refractivity contribution in [2.75, 3.05) is 18.6 Å². The molecule has 0 radical (unpaired) electrons. The van der Waals surface area contributed by atoms with Gasteiger partial charge in [-0.05, 0) is 30.4 Å². The van der Waals surface area contributed by atoms with Crippen molar-refractivity contribution in [3.63, 3.8) is 0 Å². The average Bonchev–Trinajstić information content (AvgIpc) is 2.21. The van der Waals surface area contributed by atoms with Gasteiger partial charge in [-0.2, -0.15) is 0 Å². The van der Waals surface area contributed by atoms with Crippen LogP contribution < -0.4 is 5.32 Å². The first-order chi connectivity index (χ1) is 8.46. The molecule has 0 spiro atoms. The molecule has 3 nitrogen and oxygen atoms in total. The molecular formula is C13H18ClNO2S. The Labute approximate surface area is 113 Å². The molecule has 0 unspecified atom stereocenters. The van der Waals surface area contributed by atoms with Gasteiger partial charge in [-0.3, -0.25) is 0 Å². The van der Waals surface area contributed by atoms with Gasteiger partial charge in [0.1, 0.15) is 9.84 Å². The maximum atomic E-state index is 11.0. The monoisotopic (exact) mass is 287 g/mol. The van der Waals surface area contributed by atoms with Gasteiger partial charge in [0.25, 0.3) is 0 Å². The van der Waals surface area contributed by atoms with Crippen molar-refractivity contribution in [1.29, 1.82) is 0 Å². The van der Waals surface area contributed by atoms with E-state index in [1.54, 1.807) is 0 Å². The summed E-state index contributed by atoms with van der Waals surface area (Å²) in [6.45, 7) is 0.540. The smallest absolute Gasteiger partial charge is 0.148 e. The molecule has 0 saturated heterocycles. The number of rotatable bonds is 5. The van der Waals surface area contributed by atoms with E-state index in [0.717, 1.165) is 17.9 Å². The van der Waals surface area contributed by atoms with E-state index in [2.05, 4.69) is 11.4 Å². The fourth-order valence-electron chi connectivity index (χ4n) is 2.29. The van der Waals surface area contributed by atoms with Crippen LogP contribution in [0.1, 0.15) is 24.3 Å². The van der Waals surface area contributed by atoms with E-state index in [0.29, 0.717) is 18.5 Å². The molecule has 0 amide bonds. The molecule has 0 aliphatic heterocycles. The normalized spacial score (nSPS) is 23.7. The van der Waals surface area contributed by atoms with E-state index in [1.807, 2.05) is 18.2 Å². The topological polar surface area (TPSA) is 46.2 Å². The zero-order valence-corrected chi connectivity index (χ0v) is 12.0. The minimum absolute atomic E-state index is 0.209. The molecule has 0 heterocycles. The predicted molar refractivity (Wildman–Crippen MR) is 74.9 cm³/mol. The van der Waals surface area contributed by atoms with Crippen LogP contribution in [-0.2, 0) is 9.84 Å². The number of hydrogen-bond acceptors (Lipinski definition) is 3.